The number of imide groups is 1. The summed E-state index contributed by atoms with van der Waals surface area (Å²) in [5.41, 5.74) is 1.41. The summed E-state index contributed by atoms with van der Waals surface area (Å²) in [4.78, 5) is 37.4. The lowest BCUT2D eigenvalue weighted by Gasteiger charge is -2.14. The van der Waals surface area contributed by atoms with Gasteiger partial charge in [0.15, 0.2) is 0 Å². The highest BCUT2D eigenvalue weighted by Crippen LogP contribution is 2.21. The Labute approximate surface area is 161 Å². The normalized spacial score (nSPS) is 13.4. The molecule has 0 spiro atoms. The molecule has 1 heterocycles. The third-order valence-electron chi connectivity index (χ3n) is 4.20. The number of hydrogen-bond donors (Lipinski definition) is 3. The number of fused-ring (bicyclic) bond motifs is 1. The molecule has 0 unspecified atom stereocenters. The number of carbonyl (C=O) groups excluding carboxylic acids is 3. The van der Waals surface area contributed by atoms with Crippen molar-refractivity contribution in [3.8, 4) is 0 Å². The monoisotopic (exact) mass is 402 g/mol. The summed E-state index contributed by atoms with van der Waals surface area (Å²) in [6, 6.07) is 11.9. The molecule has 0 bridgehead atoms. The van der Waals surface area contributed by atoms with Gasteiger partial charge in [0.05, 0.1) is 16.0 Å². The van der Waals surface area contributed by atoms with Crippen molar-refractivity contribution in [3.63, 3.8) is 0 Å². The molecule has 10 heteroatoms. The molecule has 2 aromatic carbocycles. The fourth-order valence-corrected chi connectivity index (χ4v) is 3.28. The maximum Gasteiger partial charge on any atom is 0.315 e. The Balaban J connectivity index is 1.45. The van der Waals surface area contributed by atoms with Gasteiger partial charge >= 0.3 is 6.03 Å². The fourth-order valence-electron chi connectivity index (χ4n) is 2.77. The predicted octanol–water partition coefficient (Wildman–Crippen LogP) is 0.429. The lowest BCUT2D eigenvalue weighted by molar-refractivity contribution is 0.0656. The number of nitrogens with one attached hydrogen (secondary N) is 2. The van der Waals surface area contributed by atoms with E-state index >= 15 is 0 Å². The van der Waals surface area contributed by atoms with Crippen LogP contribution >= 0.6 is 0 Å². The number of amides is 4. The van der Waals surface area contributed by atoms with Crippen molar-refractivity contribution >= 4 is 27.9 Å². The van der Waals surface area contributed by atoms with E-state index in [1.807, 2.05) is 0 Å². The van der Waals surface area contributed by atoms with Crippen LogP contribution in [0.2, 0.25) is 0 Å². The number of rotatable bonds is 6. The number of nitrogens with two attached hydrogens (primary N) is 1. The summed E-state index contributed by atoms with van der Waals surface area (Å²) >= 11 is 0. The second-order valence-corrected chi connectivity index (χ2v) is 7.67. The highest BCUT2D eigenvalue weighted by atomic mass is 32.2. The van der Waals surface area contributed by atoms with Crippen LogP contribution in [0.5, 0.6) is 0 Å². The molecule has 4 N–H and O–H groups in total. The SMILES string of the molecule is NS(=O)(=O)c1ccc(CNC(=O)NCCN2C(=O)c3ccccc3C2=O)cc1. The molecule has 4 amide bonds. The first-order valence-electron chi connectivity index (χ1n) is 8.36. The molecule has 0 fully saturated rings. The van der Waals surface area contributed by atoms with Crippen LogP contribution in [-0.2, 0) is 16.6 Å². The van der Waals surface area contributed by atoms with Gasteiger partial charge in [-0.2, -0.15) is 0 Å². The van der Waals surface area contributed by atoms with Crippen molar-refractivity contribution < 1.29 is 22.8 Å². The maximum atomic E-state index is 12.2. The van der Waals surface area contributed by atoms with Crippen molar-refractivity contribution in [1.29, 1.82) is 0 Å². The molecule has 1 aliphatic rings. The first-order chi connectivity index (χ1) is 13.3. The first-order valence-corrected chi connectivity index (χ1v) is 9.90. The molecule has 0 aliphatic carbocycles. The average molecular weight is 402 g/mol. The predicted molar refractivity (Wildman–Crippen MR) is 99.9 cm³/mol. The number of urea groups is 1. The zero-order valence-corrected chi connectivity index (χ0v) is 15.5. The summed E-state index contributed by atoms with van der Waals surface area (Å²) in [6.45, 7) is 0.328. The minimum Gasteiger partial charge on any atom is -0.336 e. The summed E-state index contributed by atoms with van der Waals surface area (Å²) in [7, 11) is -3.76. The van der Waals surface area contributed by atoms with Gasteiger partial charge in [0, 0.05) is 19.6 Å². The van der Waals surface area contributed by atoms with Gasteiger partial charge in [0.25, 0.3) is 11.8 Å². The number of sulfonamides is 1. The van der Waals surface area contributed by atoms with Gasteiger partial charge in [-0.1, -0.05) is 24.3 Å². The van der Waals surface area contributed by atoms with Crippen molar-refractivity contribution in [2.45, 2.75) is 11.4 Å². The highest BCUT2D eigenvalue weighted by Gasteiger charge is 2.34. The molecule has 28 heavy (non-hydrogen) atoms. The molecule has 3 rings (SSSR count). The Morgan fingerprint density at radius 1 is 0.929 bits per heavy atom. The largest absolute Gasteiger partial charge is 0.336 e. The zero-order valence-electron chi connectivity index (χ0n) is 14.7. The topological polar surface area (TPSA) is 139 Å². The Kier molecular flexibility index (Phi) is 5.43. The Morgan fingerprint density at radius 3 is 2.04 bits per heavy atom. The quantitative estimate of drug-likeness (QED) is 0.602. The van der Waals surface area contributed by atoms with E-state index in [0.29, 0.717) is 16.7 Å². The molecule has 1 aliphatic heterocycles. The Hall–Kier alpha value is -3.24. The maximum absolute atomic E-state index is 12.2. The van der Waals surface area contributed by atoms with Crippen LogP contribution in [0.1, 0.15) is 26.3 Å². The molecule has 146 valence electrons. The van der Waals surface area contributed by atoms with Crippen molar-refractivity contribution in [3.05, 3.63) is 65.2 Å². The van der Waals surface area contributed by atoms with E-state index in [2.05, 4.69) is 10.6 Å². The number of nitrogens with zero attached hydrogens (tertiary/aromatic N) is 1. The lowest BCUT2D eigenvalue weighted by Crippen LogP contribution is -2.41. The molecular formula is C18H18N4O5S. The smallest absolute Gasteiger partial charge is 0.315 e. The van der Waals surface area contributed by atoms with E-state index in [1.165, 1.54) is 12.1 Å². The van der Waals surface area contributed by atoms with Crippen molar-refractivity contribution in [2.24, 2.45) is 5.14 Å². The summed E-state index contributed by atoms with van der Waals surface area (Å²) < 4.78 is 22.4. The first kappa shape index (κ1) is 19.5. The van der Waals surface area contributed by atoms with Crippen LogP contribution < -0.4 is 15.8 Å². The molecule has 0 aromatic heterocycles. The molecule has 0 saturated carbocycles. The second-order valence-electron chi connectivity index (χ2n) is 6.11. The van der Waals surface area contributed by atoms with Gasteiger partial charge < -0.3 is 10.6 Å². The van der Waals surface area contributed by atoms with E-state index in [0.717, 1.165) is 4.90 Å². The molecule has 0 atom stereocenters. The van der Waals surface area contributed by atoms with Crippen LogP contribution in [-0.4, -0.2) is 44.3 Å². The van der Waals surface area contributed by atoms with Crippen LogP contribution in [0.4, 0.5) is 4.79 Å². The Morgan fingerprint density at radius 2 is 1.50 bits per heavy atom. The van der Waals surface area contributed by atoms with E-state index in [1.54, 1.807) is 36.4 Å². The van der Waals surface area contributed by atoms with Crippen LogP contribution in [0, 0.1) is 0 Å². The Bertz CT molecular complexity index is 999. The van der Waals surface area contributed by atoms with E-state index < -0.39 is 16.1 Å². The van der Waals surface area contributed by atoms with Gasteiger partial charge in [0.1, 0.15) is 0 Å². The molecule has 0 saturated heterocycles. The van der Waals surface area contributed by atoms with Gasteiger partial charge in [-0.15, -0.1) is 0 Å². The minimum atomic E-state index is -3.76. The number of primary sulfonamides is 1. The number of benzene rings is 2. The molecule has 9 nitrogen and oxygen atoms in total. The molecular weight excluding hydrogens is 384 g/mol. The molecule has 0 radical (unpaired) electrons. The minimum absolute atomic E-state index is 0.0124. The van der Waals surface area contributed by atoms with E-state index in [9.17, 15) is 22.8 Å². The standard InChI is InChI=1S/C18H18N4O5S/c19-28(26,27)13-7-5-12(6-8-13)11-21-18(25)20-9-10-22-16(23)14-3-1-2-4-15(14)17(22)24/h1-8H,9-11H2,(H2,19,26,27)(H2,20,21,25). The van der Waals surface area contributed by atoms with Crippen molar-refractivity contribution in [1.82, 2.24) is 15.5 Å². The molecule has 2 aromatic rings. The second kappa shape index (κ2) is 7.79. The fraction of sp³-hybridized carbons (Fsp3) is 0.167. The highest BCUT2D eigenvalue weighted by molar-refractivity contribution is 7.89. The number of hydrogen-bond acceptors (Lipinski definition) is 5. The van der Waals surface area contributed by atoms with Gasteiger partial charge in [-0.05, 0) is 29.8 Å². The van der Waals surface area contributed by atoms with Crippen molar-refractivity contribution in [2.75, 3.05) is 13.1 Å². The summed E-state index contributed by atoms with van der Waals surface area (Å²) in [5, 5.41) is 10.2. The van der Waals surface area contributed by atoms with E-state index in [4.69, 9.17) is 5.14 Å². The zero-order chi connectivity index (χ0) is 20.3. The van der Waals surface area contributed by atoms with Crippen LogP contribution in [0.3, 0.4) is 0 Å². The van der Waals surface area contributed by atoms with Gasteiger partial charge in [0.2, 0.25) is 10.0 Å². The lowest BCUT2D eigenvalue weighted by atomic mass is 10.1. The third-order valence-corrected chi connectivity index (χ3v) is 5.13. The van der Waals surface area contributed by atoms with E-state index in [-0.39, 0.29) is 36.3 Å². The third kappa shape index (κ3) is 4.18. The summed E-state index contributed by atoms with van der Waals surface area (Å²) in [5.74, 6) is -0.754. The average Bonchev–Trinajstić information content (AvgIpc) is 2.91. The number of carbonyl (C=O) groups is 3. The van der Waals surface area contributed by atoms with Gasteiger partial charge in [-0.25, -0.2) is 18.4 Å². The summed E-state index contributed by atoms with van der Waals surface area (Å²) in [6.07, 6.45) is 0. The van der Waals surface area contributed by atoms with Crippen LogP contribution in [0.25, 0.3) is 0 Å². The van der Waals surface area contributed by atoms with Crippen LogP contribution in [0.15, 0.2) is 53.4 Å². The van der Waals surface area contributed by atoms with Gasteiger partial charge in [-0.3, -0.25) is 14.5 Å².